The maximum atomic E-state index is 12.0. The van der Waals surface area contributed by atoms with E-state index in [0.29, 0.717) is 13.0 Å². The van der Waals surface area contributed by atoms with Gasteiger partial charge in [-0.1, -0.05) is 57.3 Å². The Morgan fingerprint density at radius 2 is 2.04 bits per heavy atom. The standard InChI is InChI=1S/C20H30N2O2/c1-3-4-5-6-7-10-13-24-19(23)18(21)14-16-15-22-20(2)12-9-8-11-17(16)20/h8-9,11,15,21-22H,3-7,10,12-14H2,1-2H3. The molecule has 0 bridgehead atoms. The van der Waals surface area contributed by atoms with Gasteiger partial charge in [0.2, 0.25) is 0 Å². The smallest absolute Gasteiger partial charge is 0.352 e. The highest BCUT2D eigenvalue weighted by Gasteiger charge is 2.35. The lowest BCUT2D eigenvalue weighted by molar-refractivity contribution is -0.135. The highest BCUT2D eigenvalue weighted by molar-refractivity contribution is 6.35. The minimum atomic E-state index is -0.481. The van der Waals surface area contributed by atoms with Crippen molar-refractivity contribution in [2.24, 2.45) is 0 Å². The number of carbonyl (C=O) groups excluding carboxylic acids is 1. The zero-order chi connectivity index (χ0) is 17.4. The van der Waals surface area contributed by atoms with Crippen molar-refractivity contribution in [3.8, 4) is 0 Å². The zero-order valence-electron chi connectivity index (χ0n) is 15.0. The molecule has 0 aromatic rings. The van der Waals surface area contributed by atoms with Crippen LogP contribution < -0.4 is 5.32 Å². The maximum absolute atomic E-state index is 12.0. The molecule has 0 spiro atoms. The Bertz CT molecular complexity index is 560. The SMILES string of the molecule is CCCCCCCCOC(=O)C(=N)CC1=CNC2(C)CC=CC=C12. The Morgan fingerprint density at radius 1 is 1.29 bits per heavy atom. The summed E-state index contributed by atoms with van der Waals surface area (Å²) in [5.74, 6) is -0.481. The molecule has 2 rings (SSSR count). The molecular formula is C20H30N2O2. The molecular weight excluding hydrogens is 300 g/mol. The van der Waals surface area contributed by atoms with Gasteiger partial charge in [0.15, 0.2) is 0 Å². The number of unbranched alkanes of at least 4 members (excludes halogenated alkanes) is 5. The van der Waals surface area contributed by atoms with Gasteiger partial charge >= 0.3 is 5.97 Å². The average molecular weight is 330 g/mol. The molecule has 132 valence electrons. The molecule has 0 fully saturated rings. The summed E-state index contributed by atoms with van der Waals surface area (Å²) in [6, 6.07) is 0. The number of fused-ring (bicyclic) bond motifs is 1. The molecule has 1 aliphatic carbocycles. The van der Waals surface area contributed by atoms with E-state index in [9.17, 15) is 4.79 Å². The van der Waals surface area contributed by atoms with Crippen molar-refractivity contribution in [3.63, 3.8) is 0 Å². The number of rotatable bonds is 10. The molecule has 0 aromatic heterocycles. The van der Waals surface area contributed by atoms with Crippen molar-refractivity contribution < 1.29 is 9.53 Å². The second-order valence-electron chi connectivity index (χ2n) is 6.92. The predicted octanol–water partition coefficient (Wildman–Crippen LogP) is 4.43. The second kappa shape index (κ2) is 8.86. The summed E-state index contributed by atoms with van der Waals surface area (Å²) in [6.45, 7) is 4.77. The molecule has 0 aromatic carbocycles. The van der Waals surface area contributed by atoms with E-state index in [0.717, 1.165) is 24.8 Å². The van der Waals surface area contributed by atoms with E-state index >= 15 is 0 Å². The number of carbonyl (C=O) groups is 1. The summed E-state index contributed by atoms with van der Waals surface area (Å²) in [4.78, 5) is 12.0. The van der Waals surface area contributed by atoms with Crippen LogP contribution >= 0.6 is 0 Å². The Hall–Kier alpha value is -1.84. The van der Waals surface area contributed by atoms with Gasteiger partial charge in [0, 0.05) is 12.6 Å². The fourth-order valence-corrected chi connectivity index (χ4v) is 3.23. The largest absolute Gasteiger partial charge is 0.461 e. The molecule has 4 heteroatoms. The van der Waals surface area contributed by atoms with Crippen molar-refractivity contribution in [2.75, 3.05) is 6.61 Å². The summed E-state index contributed by atoms with van der Waals surface area (Å²) in [6.07, 6.45) is 16.4. The van der Waals surface area contributed by atoms with Crippen molar-refractivity contribution in [1.82, 2.24) is 5.32 Å². The zero-order valence-corrected chi connectivity index (χ0v) is 15.0. The second-order valence-corrected chi connectivity index (χ2v) is 6.92. The molecule has 1 unspecified atom stereocenters. The average Bonchev–Trinajstić information content (AvgIpc) is 2.90. The molecule has 0 amide bonds. The summed E-state index contributed by atoms with van der Waals surface area (Å²) in [7, 11) is 0. The van der Waals surface area contributed by atoms with Gasteiger partial charge in [0.1, 0.15) is 5.71 Å². The van der Waals surface area contributed by atoms with Crippen LogP contribution in [0.1, 0.15) is 65.2 Å². The predicted molar refractivity (Wildman–Crippen MR) is 98.1 cm³/mol. The number of hydrogen-bond acceptors (Lipinski definition) is 4. The van der Waals surface area contributed by atoms with Gasteiger partial charge in [-0.3, -0.25) is 5.41 Å². The van der Waals surface area contributed by atoms with Crippen LogP contribution in [0.2, 0.25) is 0 Å². The third kappa shape index (κ3) is 4.83. The summed E-state index contributed by atoms with van der Waals surface area (Å²) >= 11 is 0. The van der Waals surface area contributed by atoms with Crippen LogP contribution in [0, 0.1) is 5.41 Å². The lowest BCUT2D eigenvalue weighted by atomic mass is 9.82. The lowest BCUT2D eigenvalue weighted by Gasteiger charge is -2.29. The number of esters is 1. The number of hydrogen-bond donors (Lipinski definition) is 2. The summed E-state index contributed by atoms with van der Waals surface area (Å²) in [5.41, 5.74) is 2.14. The van der Waals surface area contributed by atoms with Crippen molar-refractivity contribution in [2.45, 2.75) is 70.8 Å². The first-order valence-electron chi connectivity index (χ1n) is 9.16. The third-order valence-corrected chi connectivity index (χ3v) is 4.78. The van der Waals surface area contributed by atoms with Gasteiger partial charge in [-0.15, -0.1) is 0 Å². The molecule has 2 aliphatic rings. The van der Waals surface area contributed by atoms with E-state index in [-0.39, 0.29) is 11.3 Å². The highest BCUT2D eigenvalue weighted by Crippen LogP contribution is 2.36. The molecule has 1 atom stereocenters. The minimum absolute atomic E-state index is 0.0359. The topological polar surface area (TPSA) is 62.2 Å². The van der Waals surface area contributed by atoms with E-state index in [1.807, 2.05) is 12.3 Å². The molecule has 2 N–H and O–H groups in total. The normalized spacial score (nSPS) is 21.6. The van der Waals surface area contributed by atoms with Gasteiger partial charge in [-0.05, 0) is 30.9 Å². The van der Waals surface area contributed by atoms with E-state index < -0.39 is 5.97 Å². The summed E-state index contributed by atoms with van der Waals surface area (Å²) < 4.78 is 5.24. The van der Waals surface area contributed by atoms with Gasteiger partial charge in [0.05, 0.1) is 12.1 Å². The van der Waals surface area contributed by atoms with Crippen LogP contribution in [0.3, 0.4) is 0 Å². The molecule has 0 radical (unpaired) electrons. The van der Waals surface area contributed by atoms with E-state index in [2.05, 4.69) is 31.3 Å². The van der Waals surface area contributed by atoms with Crippen LogP contribution in [-0.2, 0) is 9.53 Å². The summed E-state index contributed by atoms with van der Waals surface area (Å²) in [5, 5.41) is 11.4. The molecule has 1 heterocycles. The third-order valence-electron chi connectivity index (χ3n) is 4.78. The first-order valence-corrected chi connectivity index (χ1v) is 9.16. The van der Waals surface area contributed by atoms with Gasteiger partial charge < -0.3 is 10.1 Å². The maximum Gasteiger partial charge on any atom is 0.352 e. The quantitative estimate of drug-likeness (QED) is 0.354. The van der Waals surface area contributed by atoms with Crippen LogP contribution in [0.15, 0.2) is 35.6 Å². The molecule has 24 heavy (non-hydrogen) atoms. The minimum Gasteiger partial charge on any atom is -0.461 e. The Balaban J connectivity index is 1.70. The lowest BCUT2D eigenvalue weighted by Crippen LogP contribution is -2.37. The molecule has 0 saturated heterocycles. The monoisotopic (exact) mass is 330 g/mol. The van der Waals surface area contributed by atoms with Gasteiger partial charge in [0.25, 0.3) is 0 Å². The number of nitrogens with one attached hydrogen (secondary N) is 2. The van der Waals surface area contributed by atoms with E-state index in [4.69, 9.17) is 10.1 Å². The Labute approximate surface area is 145 Å². The van der Waals surface area contributed by atoms with Crippen LogP contribution in [-0.4, -0.2) is 23.8 Å². The molecule has 0 saturated carbocycles. The Morgan fingerprint density at radius 3 is 2.83 bits per heavy atom. The Kier molecular flexibility index (Phi) is 6.83. The first kappa shape index (κ1) is 18.5. The van der Waals surface area contributed by atoms with E-state index in [1.54, 1.807) is 0 Å². The van der Waals surface area contributed by atoms with Gasteiger partial charge in [-0.2, -0.15) is 0 Å². The fourth-order valence-electron chi connectivity index (χ4n) is 3.23. The highest BCUT2D eigenvalue weighted by atomic mass is 16.5. The fraction of sp³-hybridized carbons (Fsp3) is 0.600. The number of allylic oxidation sites excluding steroid dienone is 2. The van der Waals surface area contributed by atoms with Crippen LogP contribution in [0.4, 0.5) is 0 Å². The van der Waals surface area contributed by atoms with E-state index in [1.165, 1.54) is 31.3 Å². The van der Waals surface area contributed by atoms with Crippen molar-refractivity contribution in [3.05, 3.63) is 35.6 Å². The first-order chi connectivity index (χ1) is 11.6. The number of ether oxygens (including phenoxy) is 1. The molecule has 1 aliphatic heterocycles. The van der Waals surface area contributed by atoms with Crippen molar-refractivity contribution >= 4 is 11.7 Å². The van der Waals surface area contributed by atoms with Crippen LogP contribution in [0.5, 0.6) is 0 Å². The van der Waals surface area contributed by atoms with Crippen LogP contribution in [0.25, 0.3) is 0 Å². The van der Waals surface area contributed by atoms with Gasteiger partial charge in [-0.25, -0.2) is 4.79 Å². The van der Waals surface area contributed by atoms with Crippen molar-refractivity contribution in [1.29, 1.82) is 5.41 Å². The molecule has 4 nitrogen and oxygen atoms in total.